The Balaban J connectivity index is 1.44. The van der Waals surface area contributed by atoms with Gasteiger partial charge in [-0.1, -0.05) is 0 Å². The Hall–Kier alpha value is -2.60. The number of likely N-dealkylation sites (tertiary alicyclic amines) is 1. The molecule has 0 bridgehead atoms. The molecule has 1 amide bonds. The molecule has 3 saturated heterocycles. The number of carbonyl (C=O) groups is 3. The molecule has 0 aromatic carbocycles. The molecule has 12 heteroatoms. The smallest absolute Gasteiger partial charge is 0.410 e. The monoisotopic (exact) mass is 496 g/mol. The van der Waals surface area contributed by atoms with Crippen LogP contribution in [0.25, 0.3) is 0 Å². The number of hydrogen-bond acceptors (Lipinski definition) is 9. The largest absolute Gasteiger partial charge is 0.466 e. The minimum Gasteiger partial charge on any atom is -0.466 e. The minimum absolute atomic E-state index is 0.0282. The Bertz CT molecular complexity index is 764. The summed E-state index contributed by atoms with van der Waals surface area (Å²) >= 11 is 0. The van der Waals surface area contributed by atoms with Crippen LogP contribution in [-0.2, 0) is 23.8 Å². The summed E-state index contributed by atoms with van der Waals surface area (Å²) in [5.41, 5.74) is 4.69. The predicted molar refractivity (Wildman–Crippen MR) is 128 cm³/mol. The van der Waals surface area contributed by atoms with Gasteiger partial charge in [-0.15, -0.1) is 0 Å². The quantitative estimate of drug-likeness (QED) is 0.182. The van der Waals surface area contributed by atoms with E-state index in [0.29, 0.717) is 45.6 Å². The number of nitrogens with one attached hydrogen (secondary N) is 1. The molecule has 35 heavy (non-hydrogen) atoms. The maximum absolute atomic E-state index is 12.7. The van der Waals surface area contributed by atoms with E-state index in [2.05, 4.69) is 9.80 Å². The molecule has 3 aliphatic heterocycles. The zero-order valence-corrected chi connectivity index (χ0v) is 21.0. The number of hydrogen-bond donors (Lipinski definition) is 2. The van der Waals surface area contributed by atoms with E-state index >= 15 is 0 Å². The molecular weight excluding hydrogens is 456 g/mol. The number of piperidine rings is 1. The van der Waals surface area contributed by atoms with Crippen molar-refractivity contribution in [1.82, 2.24) is 19.6 Å². The highest BCUT2D eigenvalue weighted by atomic mass is 16.6. The van der Waals surface area contributed by atoms with E-state index in [1.165, 1.54) is 0 Å². The number of ether oxygens (including phenoxy) is 3. The molecule has 0 aromatic rings. The van der Waals surface area contributed by atoms with Crippen LogP contribution in [0.2, 0.25) is 0 Å². The van der Waals surface area contributed by atoms with Crippen LogP contribution in [-0.4, -0.2) is 128 Å². The van der Waals surface area contributed by atoms with Crippen LogP contribution in [0.4, 0.5) is 4.79 Å². The maximum Gasteiger partial charge on any atom is 0.410 e. The Morgan fingerprint density at radius 1 is 1.03 bits per heavy atom. The van der Waals surface area contributed by atoms with Gasteiger partial charge in [0.1, 0.15) is 6.10 Å². The van der Waals surface area contributed by atoms with E-state index in [9.17, 15) is 14.4 Å². The Labute approximate surface area is 207 Å². The third kappa shape index (κ3) is 7.20. The molecule has 3 aliphatic rings. The average Bonchev–Trinajstić information content (AvgIpc) is 3.18. The van der Waals surface area contributed by atoms with E-state index < -0.39 is 5.41 Å². The highest BCUT2D eigenvalue weighted by Crippen LogP contribution is 2.37. The van der Waals surface area contributed by atoms with Crippen molar-refractivity contribution in [3.63, 3.8) is 0 Å². The number of carbonyl (C=O) groups excluding carboxylic acids is 3. The van der Waals surface area contributed by atoms with Gasteiger partial charge in [0.25, 0.3) is 0 Å². The van der Waals surface area contributed by atoms with Crippen molar-refractivity contribution in [2.24, 2.45) is 11.1 Å². The van der Waals surface area contributed by atoms with Crippen LogP contribution in [0.1, 0.15) is 33.1 Å². The maximum atomic E-state index is 12.7. The molecule has 12 nitrogen and oxygen atoms in total. The van der Waals surface area contributed by atoms with Gasteiger partial charge in [0.15, 0.2) is 5.96 Å². The van der Waals surface area contributed by atoms with Crippen molar-refractivity contribution in [3.05, 3.63) is 0 Å². The second kappa shape index (κ2) is 12.4. The van der Waals surface area contributed by atoms with Gasteiger partial charge in [-0.2, -0.15) is 0 Å². The van der Waals surface area contributed by atoms with Crippen LogP contribution >= 0.6 is 0 Å². The van der Waals surface area contributed by atoms with E-state index in [1.54, 1.807) is 18.7 Å². The summed E-state index contributed by atoms with van der Waals surface area (Å²) in [7, 11) is 0. The molecule has 0 radical (unpaired) electrons. The zero-order valence-electron chi connectivity index (χ0n) is 21.0. The molecule has 198 valence electrons. The van der Waals surface area contributed by atoms with Crippen molar-refractivity contribution in [2.75, 3.05) is 78.7 Å². The molecule has 1 unspecified atom stereocenters. The lowest BCUT2D eigenvalue weighted by Crippen LogP contribution is -2.52. The topological polar surface area (TPSA) is 142 Å². The number of amides is 1. The van der Waals surface area contributed by atoms with E-state index in [0.717, 1.165) is 32.7 Å². The summed E-state index contributed by atoms with van der Waals surface area (Å²) in [6, 6.07) is 0. The van der Waals surface area contributed by atoms with E-state index in [1.807, 2.05) is 4.90 Å². The first-order chi connectivity index (χ1) is 16.8. The van der Waals surface area contributed by atoms with Gasteiger partial charge in [-0.3, -0.25) is 24.8 Å². The van der Waals surface area contributed by atoms with Gasteiger partial charge >= 0.3 is 18.0 Å². The SMILES string of the molecule is CCOC(=O)CC1(C(=O)OCC)CCN(CC2CN(CCN3CCN(C(=N)N)CC3)C(=O)O2)CC1. The van der Waals surface area contributed by atoms with Gasteiger partial charge in [0, 0.05) is 45.8 Å². The van der Waals surface area contributed by atoms with Crippen LogP contribution in [0.5, 0.6) is 0 Å². The first-order valence-electron chi connectivity index (χ1n) is 12.6. The third-order valence-corrected chi connectivity index (χ3v) is 7.12. The number of nitrogens with zero attached hydrogens (tertiary/aromatic N) is 4. The molecule has 3 N–H and O–H groups in total. The lowest BCUT2D eigenvalue weighted by molar-refractivity contribution is -0.165. The average molecular weight is 497 g/mol. The Morgan fingerprint density at radius 2 is 1.69 bits per heavy atom. The Kier molecular flexibility index (Phi) is 9.55. The van der Waals surface area contributed by atoms with Crippen LogP contribution in [0.3, 0.4) is 0 Å². The molecule has 0 aliphatic carbocycles. The van der Waals surface area contributed by atoms with Crippen molar-refractivity contribution < 1.29 is 28.6 Å². The summed E-state index contributed by atoms with van der Waals surface area (Å²) in [5.74, 6) is -0.610. The molecular formula is C23H40N6O6. The molecule has 0 saturated carbocycles. The molecule has 0 spiro atoms. The summed E-state index contributed by atoms with van der Waals surface area (Å²) < 4.78 is 16.0. The lowest BCUT2D eigenvalue weighted by atomic mass is 9.75. The predicted octanol–water partition coefficient (Wildman–Crippen LogP) is -0.0832. The number of rotatable bonds is 10. The normalized spacial score (nSPS) is 23.1. The highest BCUT2D eigenvalue weighted by molar-refractivity contribution is 5.83. The van der Waals surface area contributed by atoms with Crippen LogP contribution < -0.4 is 5.73 Å². The van der Waals surface area contributed by atoms with Gasteiger partial charge < -0.3 is 29.7 Å². The Morgan fingerprint density at radius 3 is 2.29 bits per heavy atom. The number of nitrogens with two attached hydrogens (primary N) is 1. The van der Waals surface area contributed by atoms with Crippen molar-refractivity contribution >= 4 is 24.0 Å². The van der Waals surface area contributed by atoms with Gasteiger partial charge in [0.2, 0.25) is 0 Å². The van der Waals surface area contributed by atoms with Crippen molar-refractivity contribution in [1.29, 1.82) is 5.41 Å². The second-order valence-electron chi connectivity index (χ2n) is 9.45. The summed E-state index contributed by atoms with van der Waals surface area (Å²) in [6.45, 7) is 10.9. The van der Waals surface area contributed by atoms with Crippen molar-refractivity contribution in [3.8, 4) is 0 Å². The molecule has 0 aromatic heterocycles. The van der Waals surface area contributed by atoms with Crippen molar-refractivity contribution in [2.45, 2.75) is 39.2 Å². The summed E-state index contributed by atoms with van der Waals surface area (Å²) in [5, 5.41) is 7.52. The summed E-state index contributed by atoms with van der Waals surface area (Å²) in [6.07, 6.45) is 0.512. The van der Waals surface area contributed by atoms with E-state index in [-0.39, 0.29) is 49.7 Å². The molecule has 3 fully saturated rings. The van der Waals surface area contributed by atoms with E-state index in [4.69, 9.17) is 25.4 Å². The second-order valence-corrected chi connectivity index (χ2v) is 9.45. The summed E-state index contributed by atoms with van der Waals surface area (Å²) in [4.78, 5) is 45.3. The molecule has 3 rings (SSSR count). The number of piperazine rings is 1. The third-order valence-electron chi connectivity index (χ3n) is 7.12. The lowest BCUT2D eigenvalue weighted by Gasteiger charge is -2.39. The van der Waals surface area contributed by atoms with Crippen LogP contribution in [0, 0.1) is 10.8 Å². The minimum atomic E-state index is -0.858. The van der Waals surface area contributed by atoms with Crippen LogP contribution in [0.15, 0.2) is 0 Å². The first-order valence-corrected chi connectivity index (χ1v) is 12.6. The number of guanidine groups is 1. The van der Waals surface area contributed by atoms with Gasteiger partial charge in [-0.25, -0.2) is 4.79 Å². The number of cyclic esters (lactones) is 1. The van der Waals surface area contributed by atoms with Gasteiger partial charge in [-0.05, 0) is 39.8 Å². The fourth-order valence-electron chi connectivity index (χ4n) is 5.00. The molecule has 3 heterocycles. The fraction of sp³-hybridized carbons (Fsp3) is 0.826. The first kappa shape index (κ1) is 27.0. The standard InChI is InChI=1S/C23H40N6O6/c1-3-33-19(30)15-23(20(31)34-4-2)5-7-27(8-6-23)16-18-17-29(22(32)35-18)14-11-26-9-12-28(13-10-26)21(24)25/h18H,3-17H2,1-2H3,(H3,24,25). The number of esters is 2. The molecule has 1 atom stereocenters. The van der Waals surface area contributed by atoms with Gasteiger partial charge in [0.05, 0.1) is 31.6 Å². The highest BCUT2D eigenvalue weighted by Gasteiger charge is 2.45. The fourth-order valence-corrected chi connectivity index (χ4v) is 5.00. The zero-order chi connectivity index (χ0) is 25.4.